The Kier molecular flexibility index (Phi) is 4.98. The monoisotopic (exact) mass is 319 g/mol. The zero-order valence-corrected chi connectivity index (χ0v) is 12.1. The highest BCUT2D eigenvalue weighted by molar-refractivity contribution is 9.10. The summed E-state index contributed by atoms with van der Waals surface area (Å²) < 4.78 is 6.28. The van der Waals surface area contributed by atoms with E-state index < -0.39 is 0 Å². The fourth-order valence-electron chi connectivity index (χ4n) is 1.58. The van der Waals surface area contributed by atoms with Gasteiger partial charge < -0.3 is 9.57 Å². The van der Waals surface area contributed by atoms with Crippen molar-refractivity contribution in [2.45, 2.75) is 6.61 Å². The van der Waals surface area contributed by atoms with E-state index in [0.717, 1.165) is 21.3 Å². The topological polar surface area (TPSA) is 30.8 Å². The number of methoxy groups -OCH3 is 1. The first-order valence-electron chi connectivity index (χ1n) is 5.82. The number of halogens is 1. The summed E-state index contributed by atoms with van der Waals surface area (Å²) >= 11 is 3.38. The van der Waals surface area contributed by atoms with Crippen LogP contribution in [0.2, 0.25) is 0 Å². The number of para-hydroxylation sites is 1. The first-order valence-corrected chi connectivity index (χ1v) is 6.61. The van der Waals surface area contributed by atoms with Crippen LogP contribution in [0.25, 0.3) is 0 Å². The maximum absolute atomic E-state index is 5.27. The molecule has 0 atom stereocenters. The van der Waals surface area contributed by atoms with Gasteiger partial charge in [0.2, 0.25) is 0 Å². The molecule has 0 aliphatic carbocycles. The maximum atomic E-state index is 5.27. The average molecular weight is 320 g/mol. The Morgan fingerprint density at radius 3 is 2.58 bits per heavy atom. The highest BCUT2D eigenvalue weighted by Gasteiger charge is 2.00. The van der Waals surface area contributed by atoms with Crippen LogP contribution in [0.1, 0.15) is 11.1 Å². The van der Waals surface area contributed by atoms with Crippen molar-refractivity contribution < 1.29 is 9.57 Å². The summed E-state index contributed by atoms with van der Waals surface area (Å²) in [6, 6.07) is 15.6. The number of ether oxygens (including phenoxy) is 1. The molecule has 19 heavy (non-hydrogen) atoms. The molecule has 0 saturated heterocycles. The molecule has 2 aromatic rings. The van der Waals surface area contributed by atoms with Crippen LogP contribution in [-0.4, -0.2) is 13.3 Å². The lowest BCUT2D eigenvalue weighted by Crippen LogP contribution is -1.93. The number of oxime groups is 1. The number of hydrogen-bond acceptors (Lipinski definition) is 3. The Morgan fingerprint density at radius 1 is 1.11 bits per heavy atom. The summed E-state index contributed by atoms with van der Waals surface area (Å²) in [6.07, 6.45) is 1.68. The van der Waals surface area contributed by atoms with Crippen LogP contribution in [0.4, 0.5) is 0 Å². The maximum Gasteiger partial charge on any atom is 0.145 e. The minimum absolute atomic E-state index is 0.386. The molecular formula is C15H14BrNO2. The molecule has 0 heterocycles. The lowest BCUT2D eigenvalue weighted by Gasteiger charge is -2.06. The second-order valence-corrected chi connectivity index (χ2v) is 4.79. The van der Waals surface area contributed by atoms with Crippen LogP contribution in [0, 0.1) is 0 Å². The highest BCUT2D eigenvalue weighted by Crippen LogP contribution is 2.18. The molecule has 0 radical (unpaired) electrons. The lowest BCUT2D eigenvalue weighted by molar-refractivity contribution is 0.130. The number of hydrogen-bond donors (Lipinski definition) is 0. The quantitative estimate of drug-likeness (QED) is 0.616. The molecular weight excluding hydrogens is 306 g/mol. The van der Waals surface area contributed by atoms with Crippen molar-refractivity contribution in [2.75, 3.05) is 7.11 Å². The van der Waals surface area contributed by atoms with Crippen LogP contribution in [0.5, 0.6) is 5.75 Å². The third-order valence-electron chi connectivity index (χ3n) is 2.56. The average Bonchev–Trinajstić information content (AvgIpc) is 2.46. The summed E-state index contributed by atoms with van der Waals surface area (Å²) in [6.45, 7) is 0.386. The zero-order chi connectivity index (χ0) is 13.5. The van der Waals surface area contributed by atoms with Gasteiger partial charge in [-0.3, -0.25) is 0 Å². The van der Waals surface area contributed by atoms with Crippen molar-refractivity contribution in [2.24, 2.45) is 5.16 Å². The number of rotatable bonds is 5. The van der Waals surface area contributed by atoms with Crippen LogP contribution in [-0.2, 0) is 11.4 Å². The third-order valence-corrected chi connectivity index (χ3v) is 3.09. The summed E-state index contributed by atoms with van der Waals surface area (Å²) in [5, 5.41) is 3.95. The Bertz CT molecular complexity index is 552. The van der Waals surface area contributed by atoms with Gasteiger partial charge in [-0.1, -0.05) is 51.4 Å². The molecule has 98 valence electrons. The largest absolute Gasteiger partial charge is 0.496 e. The number of benzene rings is 2. The molecule has 2 rings (SSSR count). The molecule has 0 saturated carbocycles. The van der Waals surface area contributed by atoms with Crippen molar-refractivity contribution in [1.29, 1.82) is 0 Å². The minimum Gasteiger partial charge on any atom is -0.496 e. The van der Waals surface area contributed by atoms with E-state index in [9.17, 15) is 0 Å². The van der Waals surface area contributed by atoms with Crippen LogP contribution in [0.15, 0.2) is 58.2 Å². The van der Waals surface area contributed by atoms with Gasteiger partial charge in [-0.25, -0.2) is 0 Å². The van der Waals surface area contributed by atoms with Gasteiger partial charge in [0, 0.05) is 10.0 Å². The summed E-state index contributed by atoms with van der Waals surface area (Å²) in [4.78, 5) is 5.27. The highest BCUT2D eigenvalue weighted by atomic mass is 79.9. The smallest absolute Gasteiger partial charge is 0.145 e. The van der Waals surface area contributed by atoms with Gasteiger partial charge in [-0.05, 0) is 23.8 Å². The van der Waals surface area contributed by atoms with E-state index in [-0.39, 0.29) is 0 Å². The second-order valence-electron chi connectivity index (χ2n) is 3.87. The van der Waals surface area contributed by atoms with Crippen molar-refractivity contribution in [3.8, 4) is 5.75 Å². The van der Waals surface area contributed by atoms with Gasteiger partial charge in [0.1, 0.15) is 12.4 Å². The molecule has 0 aliphatic rings. The van der Waals surface area contributed by atoms with Crippen molar-refractivity contribution in [3.63, 3.8) is 0 Å². The van der Waals surface area contributed by atoms with Crippen LogP contribution in [0.3, 0.4) is 0 Å². The van der Waals surface area contributed by atoms with Crippen LogP contribution >= 0.6 is 15.9 Å². The Morgan fingerprint density at radius 2 is 1.84 bits per heavy atom. The first-order chi connectivity index (χ1) is 9.29. The predicted octanol–water partition coefficient (Wildman–Crippen LogP) is 4.01. The predicted molar refractivity (Wildman–Crippen MR) is 79.5 cm³/mol. The SMILES string of the molecule is COc1ccccc1CON=Cc1ccc(Br)cc1. The molecule has 0 aromatic heterocycles. The van der Waals surface area contributed by atoms with E-state index in [2.05, 4.69) is 21.1 Å². The molecule has 4 heteroatoms. The standard InChI is InChI=1S/C15H14BrNO2/c1-18-15-5-3-2-4-13(15)11-19-17-10-12-6-8-14(16)9-7-12/h2-10H,11H2,1H3. The van der Waals surface area contributed by atoms with Gasteiger partial charge in [-0.15, -0.1) is 0 Å². The fourth-order valence-corrected chi connectivity index (χ4v) is 1.84. The van der Waals surface area contributed by atoms with E-state index in [4.69, 9.17) is 9.57 Å². The molecule has 0 spiro atoms. The zero-order valence-electron chi connectivity index (χ0n) is 10.5. The Labute approximate surface area is 121 Å². The van der Waals surface area contributed by atoms with Gasteiger partial charge in [0.15, 0.2) is 0 Å². The van der Waals surface area contributed by atoms with Gasteiger partial charge in [0.05, 0.1) is 13.3 Å². The van der Waals surface area contributed by atoms with Crippen molar-refractivity contribution in [3.05, 3.63) is 64.1 Å². The first kappa shape index (κ1) is 13.6. The normalized spacial score (nSPS) is 10.6. The van der Waals surface area contributed by atoms with Gasteiger partial charge in [0.25, 0.3) is 0 Å². The molecule has 0 bridgehead atoms. The van der Waals surface area contributed by atoms with E-state index in [0.29, 0.717) is 6.61 Å². The molecule has 0 N–H and O–H groups in total. The fraction of sp³-hybridized carbons (Fsp3) is 0.133. The van der Waals surface area contributed by atoms with E-state index >= 15 is 0 Å². The number of nitrogens with zero attached hydrogens (tertiary/aromatic N) is 1. The Hall–Kier alpha value is -1.81. The van der Waals surface area contributed by atoms with Crippen molar-refractivity contribution >= 4 is 22.1 Å². The summed E-state index contributed by atoms with van der Waals surface area (Å²) in [5.41, 5.74) is 1.96. The summed E-state index contributed by atoms with van der Waals surface area (Å²) in [7, 11) is 1.64. The lowest BCUT2D eigenvalue weighted by atomic mass is 10.2. The molecule has 2 aromatic carbocycles. The second kappa shape index (κ2) is 6.95. The molecule has 0 aliphatic heterocycles. The summed E-state index contributed by atoms with van der Waals surface area (Å²) in [5.74, 6) is 0.807. The van der Waals surface area contributed by atoms with Gasteiger partial charge in [-0.2, -0.15) is 0 Å². The molecule has 3 nitrogen and oxygen atoms in total. The molecule has 0 fully saturated rings. The third kappa shape index (κ3) is 4.10. The minimum atomic E-state index is 0.386. The van der Waals surface area contributed by atoms with E-state index in [1.807, 2.05) is 48.5 Å². The van der Waals surface area contributed by atoms with Crippen LogP contribution < -0.4 is 4.74 Å². The van der Waals surface area contributed by atoms with E-state index in [1.54, 1.807) is 13.3 Å². The van der Waals surface area contributed by atoms with E-state index in [1.165, 1.54) is 0 Å². The van der Waals surface area contributed by atoms with Crippen molar-refractivity contribution in [1.82, 2.24) is 0 Å². The Balaban J connectivity index is 1.91. The van der Waals surface area contributed by atoms with Gasteiger partial charge >= 0.3 is 0 Å². The molecule has 0 unspecified atom stereocenters. The molecule has 0 amide bonds.